The van der Waals surface area contributed by atoms with Gasteiger partial charge in [-0.3, -0.25) is 4.79 Å². The fourth-order valence-corrected chi connectivity index (χ4v) is 3.87. The van der Waals surface area contributed by atoms with E-state index in [9.17, 15) is 14.4 Å². The fraction of sp³-hybridized carbons (Fsp3) is 0.345. The summed E-state index contributed by atoms with van der Waals surface area (Å²) in [7, 11) is 1.26. The van der Waals surface area contributed by atoms with Gasteiger partial charge in [-0.2, -0.15) is 0 Å². The van der Waals surface area contributed by atoms with Gasteiger partial charge in [0.2, 0.25) is 0 Å². The van der Waals surface area contributed by atoms with E-state index in [0.717, 1.165) is 11.1 Å². The monoisotopic (exact) mass is 506 g/mol. The van der Waals surface area contributed by atoms with Gasteiger partial charge in [0.05, 0.1) is 13.0 Å². The number of hydrogen-bond acceptors (Lipinski definition) is 6. The highest BCUT2D eigenvalue weighted by Crippen LogP contribution is 2.32. The van der Waals surface area contributed by atoms with Crippen molar-refractivity contribution in [3.63, 3.8) is 0 Å². The molecule has 196 valence electrons. The van der Waals surface area contributed by atoms with Crippen molar-refractivity contribution in [2.24, 2.45) is 0 Å². The number of furan rings is 1. The predicted octanol–water partition coefficient (Wildman–Crippen LogP) is 5.04. The Morgan fingerprint density at radius 1 is 0.892 bits per heavy atom. The van der Waals surface area contributed by atoms with Crippen molar-refractivity contribution in [2.75, 3.05) is 13.7 Å². The first-order chi connectivity index (χ1) is 17.7. The van der Waals surface area contributed by atoms with Crippen LogP contribution in [0.15, 0.2) is 77.2 Å². The highest BCUT2D eigenvalue weighted by Gasteiger charge is 2.26. The fourth-order valence-electron chi connectivity index (χ4n) is 3.87. The van der Waals surface area contributed by atoms with E-state index in [-0.39, 0.29) is 24.6 Å². The Hall–Kier alpha value is -4.07. The summed E-state index contributed by atoms with van der Waals surface area (Å²) in [5.74, 6) is -0.601. The number of rotatable bonds is 10. The number of carbonyl (C=O) groups excluding carboxylic acids is 3. The highest BCUT2D eigenvalue weighted by atomic mass is 16.6. The van der Waals surface area contributed by atoms with E-state index in [2.05, 4.69) is 10.6 Å². The maximum Gasteiger partial charge on any atom is 0.407 e. The largest absolute Gasteiger partial charge is 0.467 e. The second-order valence-electron chi connectivity index (χ2n) is 9.58. The molecular weight excluding hydrogens is 472 g/mol. The molecular formula is C29H34N2O6. The van der Waals surface area contributed by atoms with E-state index in [1.165, 1.54) is 7.11 Å². The smallest absolute Gasteiger partial charge is 0.407 e. The van der Waals surface area contributed by atoms with E-state index >= 15 is 0 Å². The Morgan fingerprint density at radius 2 is 1.49 bits per heavy atom. The van der Waals surface area contributed by atoms with Crippen LogP contribution in [0.3, 0.4) is 0 Å². The minimum Gasteiger partial charge on any atom is -0.467 e. The maximum absolute atomic E-state index is 13.0. The summed E-state index contributed by atoms with van der Waals surface area (Å²) in [5, 5.41) is 5.33. The summed E-state index contributed by atoms with van der Waals surface area (Å²) in [6.07, 6.45) is 0.145. The minimum absolute atomic E-state index is 0.0904. The van der Waals surface area contributed by atoms with Crippen LogP contribution in [-0.4, -0.2) is 43.3 Å². The number of hydrogen-bond donors (Lipinski definition) is 2. The predicted molar refractivity (Wildman–Crippen MR) is 139 cm³/mol. The summed E-state index contributed by atoms with van der Waals surface area (Å²) < 4.78 is 16.0. The number of benzene rings is 2. The Balaban J connectivity index is 1.67. The Morgan fingerprint density at radius 3 is 2.03 bits per heavy atom. The van der Waals surface area contributed by atoms with Gasteiger partial charge in [-0.15, -0.1) is 0 Å². The standard InChI is InChI=1S/C29H34N2O6/c1-29(2,3)37-28(34)30-19-11-16-22(27(33)35-4)31-26(32)24-18-17-23(36-24)25(20-12-7-5-8-13-20)21-14-9-6-10-15-21/h5-10,12-15,17-18,22,25H,11,16,19H2,1-4H3,(H,30,34)(H,31,32)/t22-/m0/s1. The lowest BCUT2D eigenvalue weighted by Crippen LogP contribution is -2.42. The summed E-state index contributed by atoms with van der Waals surface area (Å²) in [6, 6.07) is 22.3. The first-order valence-electron chi connectivity index (χ1n) is 12.2. The van der Waals surface area contributed by atoms with Crippen molar-refractivity contribution in [1.29, 1.82) is 0 Å². The summed E-state index contributed by atoms with van der Waals surface area (Å²) in [6.45, 7) is 5.60. The van der Waals surface area contributed by atoms with Crippen LogP contribution in [0, 0.1) is 0 Å². The van der Waals surface area contributed by atoms with Gasteiger partial charge in [0.1, 0.15) is 17.4 Å². The van der Waals surface area contributed by atoms with E-state index in [0.29, 0.717) is 12.2 Å². The average Bonchev–Trinajstić information content (AvgIpc) is 3.35. The second kappa shape index (κ2) is 12.8. The van der Waals surface area contributed by atoms with Crippen LogP contribution in [0.2, 0.25) is 0 Å². The van der Waals surface area contributed by atoms with Crippen molar-refractivity contribution in [2.45, 2.75) is 51.2 Å². The van der Waals surface area contributed by atoms with E-state index in [1.807, 2.05) is 60.7 Å². The molecule has 2 amide bonds. The molecule has 0 unspecified atom stereocenters. The molecule has 1 atom stereocenters. The number of nitrogens with one attached hydrogen (secondary N) is 2. The lowest BCUT2D eigenvalue weighted by molar-refractivity contribution is -0.143. The average molecular weight is 507 g/mol. The van der Waals surface area contributed by atoms with Gasteiger partial charge in [-0.1, -0.05) is 60.7 Å². The van der Waals surface area contributed by atoms with Crippen LogP contribution in [0.1, 0.15) is 67.0 Å². The molecule has 3 rings (SSSR count). The second-order valence-corrected chi connectivity index (χ2v) is 9.58. The van der Waals surface area contributed by atoms with Crippen LogP contribution in [0.4, 0.5) is 4.79 Å². The third-order valence-electron chi connectivity index (χ3n) is 5.53. The first-order valence-corrected chi connectivity index (χ1v) is 12.2. The quantitative estimate of drug-likeness (QED) is 0.295. The zero-order chi connectivity index (χ0) is 26.8. The normalized spacial score (nSPS) is 12.0. The van der Waals surface area contributed by atoms with Gasteiger partial charge >= 0.3 is 12.1 Å². The minimum atomic E-state index is -0.898. The Labute approximate surface area is 217 Å². The topological polar surface area (TPSA) is 107 Å². The van der Waals surface area contributed by atoms with E-state index in [4.69, 9.17) is 13.9 Å². The molecule has 0 fully saturated rings. The number of esters is 1. The third kappa shape index (κ3) is 8.24. The summed E-state index contributed by atoms with van der Waals surface area (Å²) >= 11 is 0. The Kier molecular flexibility index (Phi) is 9.49. The molecule has 0 bridgehead atoms. The molecule has 2 N–H and O–H groups in total. The van der Waals surface area contributed by atoms with Gasteiger partial charge in [0.25, 0.3) is 5.91 Å². The molecule has 0 saturated carbocycles. The lowest BCUT2D eigenvalue weighted by atomic mass is 9.89. The molecule has 8 nitrogen and oxygen atoms in total. The van der Waals surface area contributed by atoms with Crippen molar-refractivity contribution >= 4 is 18.0 Å². The Bertz CT molecular complexity index is 1130. The van der Waals surface area contributed by atoms with Gasteiger partial charge in [0.15, 0.2) is 5.76 Å². The zero-order valence-electron chi connectivity index (χ0n) is 21.7. The van der Waals surface area contributed by atoms with E-state index in [1.54, 1.807) is 32.9 Å². The van der Waals surface area contributed by atoms with Crippen LogP contribution < -0.4 is 10.6 Å². The summed E-state index contributed by atoms with van der Waals surface area (Å²) in [5.41, 5.74) is 1.45. The van der Waals surface area contributed by atoms with Gasteiger partial charge in [-0.25, -0.2) is 9.59 Å². The van der Waals surface area contributed by atoms with Crippen LogP contribution in [-0.2, 0) is 14.3 Å². The molecule has 0 aliphatic heterocycles. The molecule has 0 radical (unpaired) electrons. The third-order valence-corrected chi connectivity index (χ3v) is 5.53. The lowest BCUT2D eigenvalue weighted by Gasteiger charge is -2.20. The SMILES string of the molecule is COC(=O)[C@H](CCCNC(=O)OC(C)(C)C)NC(=O)c1ccc(C(c2ccccc2)c2ccccc2)o1. The van der Waals surface area contributed by atoms with Crippen molar-refractivity contribution in [1.82, 2.24) is 10.6 Å². The molecule has 3 aromatic rings. The molecule has 2 aromatic carbocycles. The van der Waals surface area contributed by atoms with Crippen molar-refractivity contribution in [3.8, 4) is 0 Å². The maximum atomic E-state index is 13.0. The number of alkyl carbamates (subject to hydrolysis) is 1. The molecule has 0 saturated heterocycles. The van der Waals surface area contributed by atoms with Crippen LogP contribution in [0.5, 0.6) is 0 Å². The number of methoxy groups -OCH3 is 1. The van der Waals surface area contributed by atoms with Crippen LogP contribution >= 0.6 is 0 Å². The molecule has 0 aliphatic carbocycles. The zero-order valence-corrected chi connectivity index (χ0v) is 21.7. The molecule has 1 heterocycles. The molecule has 0 spiro atoms. The molecule has 8 heteroatoms. The van der Waals surface area contributed by atoms with Crippen LogP contribution in [0.25, 0.3) is 0 Å². The number of amides is 2. The first kappa shape index (κ1) is 27.5. The van der Waals surface area contributed by atoms with E-state index < -0.39 is 29.6 Å². The number of ether oxygens (including phenoxy) is 2. The summed E-state index contributed by atoms with van der Waals surface area (Å²) in [4.78, 5) is 37.1. The van der Waals surface area contributed by atoms with Gasteiger partial charge in [0, 0.05) is 6.54 Å². The molecule has 0 aliphatic rings. The highest BCUT2D eigenvalue weighted by molar-refractivity contribution is 5.94. The molecule has 37 heavy (non-hydrogen) atoms. The van der Waals surface area contributed by atoms with Gasteiger partial charge < -0.3 is 24.5 Å². The molecule has 1 aromatic heterocycles. The van der Waals surface area contributed by atoms with Crippen molar-refractivity contribution in [3.05, 3.63) is 95.4 Å². The number of carbonyl (C=O) groups is 3. The van der Waals surface area contributed by atoms with Gasteiger partial charge in [-0.05, 0) is 56.9 Å². The van der Waals surface area contributed by atoms with Crippen molar-refractivity contribution < 1.29 is 28.3 Å².